The van der Waals surface area contributed by atoms with Crippen molar-refractivity contribution in [1.82, 2.24) is 9.47 Å². The standard InChI is InChI=1S/C15H15BrFN3O/c1-10-14-3-2-6-19(14)7-8-20(10)15(21)18-13-5-4-11(16)9-12(13)17/h2-6,9-10H,7-8H2,1H3,(H,18,21)/t10-/m0/s1. The highest BCUT2D eigenvalue weighted by molar-refractivity contribution is 9.10. The van der Waals surface area contributed by atoms with Gasteiger partial charge in [-0.15, -0.1) is 0 Å². The van der Waals surface area contributed by atoms with Crippen LogP contribution in [-0.2, 0) is 6.54 Å². The van der Waals surface area contributed by atoms with Crippen LogP contribution in [0.25, 0.3) is 0 Å². The summed E-state index contributed by atoms with van der Waals surface area (Å²) in [7, 11) is 0. The van der Waals surface area contributed by atoms with Crippen LogP contribution in [0, 0.1) is 5.82 Å². The van der Waals surface area contributed by atoms with Crippen molar-refractivity contribution in [1.29, 1.82) is 0 Å². The first-order valence-corrected chi connectivity index (χ1v) is 7.53. The Morgan fingerprint density at radius 3 is 2.95 bits per heavy atom. The number of hydrogen-bond donors (Lipinski definition) is 1. The summed E-state index contributed by atoms with van der Waals surface area (Å²) in [6, 6.07) is 8.24. The monoisotopic (exact) mass is 351 g/mol. The van der Waals surface area contributed by atoms with Crippen LogP contribution in [0.15, 0.2) is 41.0 Å². The maximum Gasteiger partial charge on any atom is 0.322 e. The van der Waals surface area contributed by atoms with Crippen LogP contribution in [0.3, 0.4) is 0 Å². The number of benzene rings is 1. The minimum absolute atomic E-state index is 0.0349. The predicted octanol–water partition coefficient (Wildman–Crippen LogP) is 4.00. The summed E-state index contributed by atoms with van der Waals surface area (Å²) in [5, 5.41) is 2.64. The van der Waals surface area contributed by atoms with Crippen molar-refractivity contribution in [3.8, 4) is 0 Å². The molecule has 1 aromatic carbocycles. The molecule has 0 fully saturated rings. The van der Waals surface area contributed by atoms with Crippen molar-refractivity contribution in [2.75, 3.05) is 11.9 Å². The SMILES string of the molecule is C[C@H]1c2cccn2CCN1C(=O)Nc1ccc(Br)cc1F. The zero-order valence-electron chi connectivity index (χ0n) is 11.5. The van der Waals surface area contributed by atoms with E-state index in [1.54, 1.807) is 17.0 Å². The molecule has 1 aliphatic rings. The molecule has 2 heterocycles. The Kier molecular flexibility index (Phi) is 3.71. The smallest absolute Gasteiger partial charge is 0.322 e. The fourth-order valence-corrected chi connectivity index (χ4v) is 2.97. The molecule has 0 saturated heterocycles. The Bertz CT molecular complexity index is 685. The minimum atomic E-state index is -0.453. The largest absolute Gasteiger partial charge is 0.348 e. The van der Waals surface area contributed by atoms with Gasteiger partial charge in [0.05, 0.1) is 11.7 Å². The Morgan fingerprint density at radius 2 is 2.19 bits per heavy atom. The van der Waals surface area contributed by atoms with Gasteiger partial charge in [0.1, 0.15) is 5.82 Å². The third-order valence-electron chi connectivity index (χ3n) is 3.78. The van der Waals surface area contributed by atoms with E-state index in [0.717, 1.165) is 12.2 Å². The molecule has 21 heavy (non-hydrogen) atoms. The summed E-state index contributed by atoms with van der Waals surface area (Å²) in [5.74, 6) is -0.453. The van der Waals surface area contributed by atoms with Crippen LogP contribution in [0.2, 0.25) is 0 Å². The van der Waals surface area contributed by atoms with Gasteiger partial charge in [0.2, 0.25) is 0 Å². The zero-order valence-corrected chi connectivity index (χ0v) is 13.1. The van der Waals surface area contributed by atoms with Crippen molar-refractivity contribution < 1.29 is 9.18 Å². The molecule has 1 N–H and O–H groups in total. The summed E-state index contributed by atoms with van der Waals surface area (Å²) in [6.45, 7) is 3.33. The summed E-state index contributed by atoms with van der Waals surface area (Å²) in [6.07, 6.45) is 2.01. The maximum absolute atomic E-state index is 13.8. The Labute approximate surface area is 130 Å². The quantitative estimate of drug-likeness (QED) is 0.828. The number of anilines is 1. The highest BCUT2D eigenvalue weighted by Gasteiger charge is 2.27. The van der Waals surface area contributed by atoms with E-state index < -0.39 is 5.82 Å². The maximum atomic E-state index is 13.8. The molecule has 0 spiro atoms. The molecular formula is C15H15BrFN3O. The van der Waals surface area contributed by atoms with Gasteiger partial charge in [0, 0.05) is 29.5 Å². The fourth-order valence-electron chi connectivity index (χ4n) is 2.63. The number of nitrogens with zero attached hydrogens (tertiary/aromatic N) is 2. The topological polar surface area (TPSA) is 37.3 Å². The molecule has 6 heteroatoms. The highest BCUT2D eigenvalue weighted by Crippen LogP contribution is 2.26. The minimum Gasteiger partial charge on any atom is -0.348 e. The van der Waals surface area contributed by atoms with Gasteiger partial charge in [-0.3, -0.25) is 0 Å². The number of rotatable bonds is 1. The number of carbonyl (C=O) groups excluding carboxylic acids is 1. The number of fused-ring (bicyclic) bond motifs is 1. The molecule has 3 rings (SSSR count). The normalized spacial score (nSPS) is 17.5. The molecule has 0 saturated carbocycles. The van der Waals surface area contributed by atoms with E-state index in [4.69, 9.17) is 0 Å². The van der Waals surface area contributed by atoms with Gasteiger partial charge < -0.3 is 14.8 Å². The lowest BCUT2D eigenvalue weighted by Crippen LogP contribution is -2.43. The van der Waals surface area contributed by atoms with E-state index in [0.29, 0.717) is 11.0 Å². The molecule has 0 unspecified atom stereocenters. The van der Waals surface area contributed by atoms with Gasteiger partial charge in [-0.05, 0) is 37.3 Å². The first-order valence-electron chi connectivity index (χ1n) is 6.74. The molecule has 110 valence electrons. The molecule has 1 atom stereocenters. The molecule has 1 aliphatic heterocycles. The molecule has 0 aliphatic carbocycles. The van der Waals surface area contributed by atoms with Crippen LogP contribution in [0.4, 0.5) is 14.9 Å². The van der Waals surface area contributed by atoms with Gasteiger partial charge in [-0.1, -0.05) is 15.9 Å². The number of nitrogens with one attached hydrogen (secondary N) is 1. The van der Waals surface area contributed by atoms with Crippen LogP contribution in [0.5, 0.6) is 0 Å². The molecular weight excluding hydrogens is 337 g/mol. The lowest BCUT2D eigenvalue weighted by Gasteiger charge is -2.34. The second-order valence-electron chi connectivity index (χ2n) is 5.05. The van der Waals surface area contributed by atoms with Gasteiger partial charge >= 0.3 is 6.03 Å². The first kappa shape index (κ1) is 14.1. The molecule has 0 radical (unpaired) electrons. The lowest BCUT2D eigenvalue weighted by atomic mass is 10.1. The van der Waals surface area contributed by atoms with Crippen LogP contribution in [-0.4, -0.2) is 22.0 Å². The Balaban J connectivity index is 1.77. The number of urea groups is 1. The molecule has 4 nitrogen and oxygen atoms in total. The number of amides is 2. The molecule has 1 aromatic heterocycles. The number of aromatic nitrogens is 1. The fraction of sp³-hybridized carbons (Fsp3) is 0.267. The number of carbonyl (C=O) groups is 1. The first-order chi connectivity index (χ1) is 10.1. The summed E-state index contributed by atoms with van der Waals surface area (Å²) < 4.78 is 16.6. The zero-order chi connectivity index (χ0) is 15.0. The van der Waals surface area contributed by atoms with E-state index in [9.17, 15) is 9.18 Å². The van der Waals surface area contributed by atoms with E-state index in [2.05, 4.69) is 25.8 Å². The second kappa shape index (κ2) is 5.52. The summed E-state index contributed by atoms with van der Waals surface area (Å²) in [5.41, 5.74) is 1.28. The van der Waals surface area contributed by atoms with Crippen molar-refractivity contribution >= 4 is 27.6 Å². The van der Waals surface area contributed by atoms with Crippen LogP contribution < -0.4 is 5.32 Å². The van der Waals surface area contributed by atoms with Gasteiger partial charge in [-0.25, -0.2) is 9.18 Å². The number of halogens is 2. The van der Waals surface area contributed by atoms with Crippen molar-refractivity contribution in [3.63, 3.8) is 0 Å². The summed E-state index contributed by atoms with van der Waals surface area (Å²) in [4.78, 5) is 14.1. The summed E-state index contributed by atoms with van der Waals surface area (Å²) >= 11 is 3.20. The molecule has 2 amide bonds. The average molecular weight is 352 g/mol. The predicted molar refractivity (Wildman–Crippen MR) is 82.7 cm³/mol. The number of hydrogen-bond acceptors (Lipinski definition) is 1. The van der Waals surface area contributed by atoms with Crippen LogP contribution in [0.1, 0.15) is 18.7 Å². The molecule has 2 aromatic rings. The van der Waals surface area contributed by atoms with Gasteiger partial charge in [0.15, 0.2) is 0 Å². The Hall–Kier alpha value is -1.82. The average Bonchev–Trinajstić information content (AvgIpc) is 2.91. The van der Waals surface area contributed by atoms with Gasteiger partial charge in [-0.2, -0.15) is 0 Å². The highest BCUT2D eigenvalue weighted by atomic mass is 79.9. The second-order valence-corrected chi connectivity index (χ2v) is 5.97. The van der Waals surface area contributed by atoms with Crippen molar-refractivity contribution in [2.24, 2.45) is 0 Å². The van der Waals surface area contributed by atoms with E-state index >= 15 is 0 Å². The molecule has 0 bridgehead atoms. The van der Waals surface area contributed by atoms with E-state index in [1.807, 2.05) is 25.3 Å². The van der Waals surface area contributed by atoms with Gasteiger partial charge in [0.25, 0.3) is 0 Å². The van der Waals surface area contributed by atoms with Crippen molar-refractivity contribution in [2.45, 2.75) is 19.5 Å². The van der Waals surface area contributed by atoms with E-state index in [-0.39, 0.29) is 17.8 Å². The van der Waals surface area contributed by atoms with E-state index in [1.165, 1.54) is 6.07 Å². The lowest BCUT2D eigenvalue weighted by molar-refractivity contribution is 0.175. The third-order valence-corrected chi connectivity index (χ3v) is 4.27. The third kappa shape index (κ3) is 2.68. The van der Waals surface area contributed by atoms with Crippen molar-refractivity contribution in [3.05, 3.63) is 52.5 Å². The van der Waals surface area contributed by atoms with Crippen LogP contribution >= 0.6 is 15.9 Å². The Morgan fingerprint density at radius 1 is 1.38 bits per heavy atom.